The van der Waals surface area contributed by atoms with Gasteiger partial charge in [0.05, 0.1) is 14.2 Å². The second-order valence-corrected chi connectivity index (χ2v) is 10.4. The van der Waals surface area contributed by atoms with Crippen LogP contribution in [0.4, 0.5) is 0 Å². The van der Waals surface area contributed by atoms with Gasteiger partial charge in [-0.2, -0.15) is 0 Å². The normalized spacial score (nSPS) is 37.5. The number of aryl methyl sites for hydroxylation is 1. The number of hydrogen-bond donors (Lipinski definition) is 0. The summed E-state index contributed by atoms with van der Waals surface area (Å²) in [5.74, 6) is 3.43. The molecule has 2 saturated carbocycles. The molecule has 0 spiro atoms. The largest absolute Gasteiger partial charge is 0.493 e. The number of methoxy groups -OCH3 is 2. The van der Waals surface area contributed by atoms with E-state index in [-0.39, 0.29) is 5.41 Å². The predicted octanol–water partition coefficient (Wildman–Crippen LogP) is 6.07. The lowest BCUT2D eigenvalue weighted by molar-refractivity contribution is -0.0983. The van der Waals surface area contributed by atoms with Gasteiger partial charge in [-0.15, -0.1) is 0 Å². The van der Waals surface area contributed by atoms with Gasteiger partial charge < -0.3 is 9.47 Å². The summed E-state index contributed by atoms with van der Waals surface area (Å²) in [5, 5.41) is 0. The van der Waals surface area contributed by atoms with Crippen LogP contribution in [0.15, 0.2) is 6.07 Å². The highest BCUT2D eigenvalue weighted by Gasteiger charge is 2.61. The topological polar surface area (TPSA) is 18.5 Å². The fraction of sp³-hybridized carbons (Fsp3) is 0.750. The maximum absolute atomic E-state index is 5.87. The van der Waals surface area contributed by atoms with Crippen molar-refractivity contribution in [2.75, 3.05) is 14.2 Å². The van der Waals surface area contributed by atoms with Gasteiger partial charge in [-0.3, -0.25) is 0 Å². The summed E-state index contributed by atoms with van der Waals surface area (Å²) in [5.41, 5.74) is 5.57. The first kappa shape index (κ1) is 18.2. The van der Waals surface area contributed by atoms with Gasteiger partial charge in [-0.05, 0) is 84.3 Å². The van der Waals surface area contributed by atoms with E-state index in [1.165, 1.54) is 43.2 Å². The number of fused-ring (bicyclic) bond motifs is 5. The van der Waals surface area contributed by atoms with Crippen LogP contribution in [0.5, 0.6) is 11.5 Å². The average Bonchev–Trinajstić information content (AvgIpc) is 2.89. The maximum atomic E-state index is 5.87. The van der Waals surface area contributed by atoms with Crippen molar-refractivity contribution >= 4 is 0 Å². The molecule has 2 nitrogen and oxygen atoms in total. The fourth-order valence-corrected chi connectivity index (χ4v) is 7.81. The SMILES string of the molecule is COc1cc(C)c2c(c1OC)C[C@@H]1[C@@]3(C)CCCC(C)(C)[C@@H]3CC[C@@]21C. The van der Waals surface area contributed by atoms with Crippen LogP contribution < -0.4 is 9.47 Å². The smallest absolute Gasteiger partial charge is 0.164 e. The Labute approximate surface area is 159 Å². The molecule has 4 atom stereocenters. The van der Waals surface area contributed by atoms with Gasteiger partial charge in [-0.1, -0.05) is 34.1 Å². The van der Waals surface area contributed by atoms with Gasteiger partial charge in [0.15, 0.2) is 11.5 Å². The second-order valence-electron chi connectivity index (χ2n) is 10.4. The van der Waals surface area contributed by atoms with Crippen molar-refractivity contribution in [1.29, 1.82) is 0 Å². The van der Waals surface area contributed by atoms with E-state index in [4.69, 9.17) is 9.47 Å². The third-order valence-electron chi connectivity index (χ3n) is 8.74. The van der Waals surface area contributed by atoms with Crippen LogP contribution in [0, 0.1) is 29.6 Å². The van der Waals surface area contributed by atoms with Gasteiger partial charge in [-0.25, -0.2) is 0 Å². The lowest BCUT2D eigenvalue weighted by Crippen LogP contribution is -2.55. The molecule has 0 heterocycles. The predicted molar refractivity (Wildman–Crippen MR) is 107 cm³/mol. The van der Waals surface area contributed by atoms with E-state index < -0.39 is 0 Å². The Bertz CT molecular complexity index is 734. The van der Waals surface area contributed by atoms with Gasteiger partial charge in [0.2, 0.25) is 0 Å². The van der Waals surface area contributed by atoms with Crippen LogP contribution in [0.1, 0.15) is 76.5 Å². The average molecular weight is 357 g/mol. The molecule has 0 saturated heterocycles. The van der Waals surface area contributed by atoms with Gasteiger partial charge >= 0.3 is 0 Å². The molecule has 3 aliphatic carbocycles. The Morgan fingerprint density at radius 1 is 0.962 bits per heavy atom. The Morgan fingerprint density at radius 3 is 2.35 bits per heavy atom. The number of benzene rings is 1. The van der Waals surface area contributed by atoms with Crippen molar-refractivity contribution in [3.8, 4) is 11.5 Å². The Balaban J connectivity index is 1.87. The molecule has 0 bridgehead atoms. The van der Waals surface area contributed by atoms with E-state index in [1.54, 1.807) is 19.8 Å². The van der Waals surface area contributed by atoms with Crippen molar-refractivity contribution in [2.45, 2.75) is 78.6 Å². The van der Waals surface area contributed by atoms with Crippen molar-refractivity contribution in [1.82, 2.24) is 0 Å². The highest BCUT2D eigenvalue weighted by atomic mass is 16.5. The molecule has 0 N–H and O–H groups in total. The summed E-state index contributed by atoms with van der Waals surface area (Å²) in [6.07, 6.45) is 7.97. The van der Waals surface area contributed by atoms with Crippen LogP contribution in [0.25, 0.3) is 0 Å². The van der Waals surface area contributed by atoms with Crippen LogP contribution in [-0.2, 0) is 11.8 Å². The maximum Gasteiger partial charge on any atom is 0.164 e. The zero-order valence-corrected chi connectivity index (χ0v) is 17.8. The minimum absolute atomic E-state index is 0.275. The lowest BCUT2D eigenvalue weighted by atomic mass is 9.43. The van der Waals surface area contributed by atoms with Crippen molar-refractivity contribution in [3.05, 3.63) is 22.8 Å². The molecule has 2 heteroatoms. The first-order valence-corrected chi connectivity index (χ1v) is 10.4. The van der Waals surface area contributed by atoms with Crippen LogP contribution >= 0.6 is 0 Å². The van der Waals surface area contributed by atoms with E-state index in [0.29, 0.717) is 16.7 Å². The fourth-order valence-electron chi connectivity index (χ4n) is 7.81. The van der Waals surface area contributed by atoms with E-state index in [2.05, 4.69) is 40.7 Å². The van der Waals surface area contributed by atoms with Crippen molar-refractivity contribution in [3.63, 3.8) is 0 Å². The first-order chi connectivity index (χ1) is 12.2. The quantitative estimate of drug-likeness (QED) is 0.640. The standard InChI is InChI=1S/C24H36O2/c1-15-13-17(25-6)21(26-7)16-14-19-23(4)11-8-10-22(2,3)18(23)9-12-24(19,5)20(15)16/h13,18-19H,8-12,14H2,1-7H3/t18-,19+,23-,24+/m0/s1. The van der Waals surface area contributed by atoms with E-state index in [9.17, 15) is 0 Å². The zero-order valence-electron chi connectivity index (χ0n) is 17.8. The third-order valence-corrected chi connectivity index (χ3v) is 8.74. The van der Waals surface area contributed by atoms with Crippen LogP contribution in [0.3, 0.4) is 0 Å². The zero-order chi connectivity index (χ0) is 18.9. The summed E-state index contributed by atoms with van der Waals surface area (Å²) < 4.78 is 11.5. The van der Waals surface area contributed by atoms with E-state index in [0.717, 1.165) is 23.8 Å². The molecule has 4 rings (SSSR count). The third kappa shape index (κ3) is 2.17. The summed E-state index contributed by atoms with van der Waals surface area (Å²) >= 11 is 0. The van der Waals surface area contributed by atoms with Gasteiger partial charge in [0.25, 0.3) is 0 Å². The molecule has 0 amide bonds. The van der Waals surface area contributed by atoms with Crippen molar-refractivity contribution in [2.24, 2.45) is 22.7 Å². The molecule has 1 aromatic carbocycles. The number of ether oxygens (including phenoxy) is 2. The highest BCUT2D eigenvalue weighted by molar-refractivity contribution is 5.60. The van der Waals surface area contributed by atoms with Crippen molar-refractivity contribution < 1.29 is 9.47 Å². The van der Waals surface area contributed by atoms with Crippen LogP contribution in [-0.4, -0.2) is 14.2 Å². The van der Waals surface area contributed by atoms with Gasteiger partial charge in [0.1, 0.15) is 0 Å². The number of rotatable bonds is 2. The lowest BCUT2D eigenvalue weighted by Gasteiger charge is -2.61. The highest BCUT2D eigenvalue weighted by Crippen LogP contribution is 2.68. The summed E-state index contributed by atoms with van der Waals surface area (Å²) in [4.78, 5) is 0. The monoisotopic (exact) mass is 356 g/mol. The molecule has 1 aromatic rings. The molecular weight excluding hydrogens is 320 g/mol. The molecule has 0 radical (unpaired) electrons. The Morgan fingerprint density at radius 2 is 1.69 bits per heavy atom. The second kappa shape index (κ2) is 5.66. The Hall–Kier alpha value is -1.18. The molecule has 2 fully saturated rings. The Kier molecular flexibility index (Phi) is 3.96. The molecule has 3 aliphatic rings. The molecule has 0 aromatic heterocycles. The van der Waals surface area contributed by atoms with E-state index in [1.807, 2.05) is 0 Å². The summed E-state index contributed by atoms with van der Waals surface area (Å²) in [6.45, 7) is 12.5. The number of hydrogen-bond acceptors (Lipinski definition) is 2. The minimum atomic E-state index is 0.275. The summed E-state index contributed by atoms with van der Waals surface area (Å²) in [7, 11) is 3.56. The molecule has 0 aliphatic heterocycles. The first-order valence-electron chi connectivity index (χ1n) is 10.4. The minimum Gasteiger partial charge on any atom is -0.493 e. The molecular formula is C24H36O2. The van der Waals surface area contributed by atoms with Gasteiger partial charge in [0, 0.05) is 5.56 Å². The summed E-state index contributed by atoms with van der Waals surface area (Å²) in [6, 6.07) is 2.20. The van der Waals surface area contributed by atoms with E-state index >= 15 is 0 Å². The molecule has 0 unspecified atom stereocenters. The molecule has 144 valence electrons. The van der Waals surface area contributed by atoms with Crippen LogP contribution in [0.2, 0.25) is 0 Å². The molecule has 26 heavy (non-hydrogen) atoms.